The van der Waals surface area contributed by atoms with Gasteiger partial charge in [0.25, 0.3) is 0 Å². The van der Waals surface area contributed by atoms with E-state index in [0.717, 1.165) is 81.1 Å². The van der Waals surface area contributed by atoms with E-state index in [1.807, 2.05) is 16.7 Å². The van der Waals surface area contributed by atoms with Gasteiger partial charge in [0.2, 0.25) is 11.8 Å². The Hall–Kier alpha value is -2.02. The molecule has 3 aliphatic heterocycles. The zero-order chi connectivity index (χ0) is 22.0. The molecule has 1 atom stereocenters. The Bertz CT molecular complexity index is 818. The van der Waals surface area contributed by atoms with Crippen molar-refractivity contribution in [3.8, 4) is 0 Å². The minimum absolute atomic E-state index is 0.0571. The quantitative estimate of drug-likeness (QED) is 0.697. The van der Waals surface area contributed by atoms with Gasteiger partial charge < -0.3 is 4.90 Å². The summed E-state index contributed by atoms with van der Waals surface area (Å²) in [7, 11) is 0. The van der Waals surface area contributed by atoms with Gasteiger partial charge in [0.15, 0.2) is 0 Å². The number of aryl methyl sites for hydroxylation is 1. The fraction of sp³-hybridized carbons (Fsp3) is 0.750. The molecular weight excluding hydrogens is 390 g/mol. The molecule has 1 aromatic rings. The third kappa shape index (κ3) is 4.92. The summed E-state index contributed by atoms with van der Waals surface area (Å²) in [6.07, 6.45) is 7.69. The molecule has 0 unspecified atom stereocenters. The number of aromatic nitrogens is 2. The number of anilines is 1. The number of likely N-dealkylation sites (tertiary alicyclic amines) is 2. The van der Waals surface area contributed by atoms with E-state index >= 15 is 0 Å². The lowest BCUT2D eigenvalue weighted by Crippen LogP contribution is -2.43. The Labute approximate surface area is 186 Å². The van der Waals surface area contributed by atoms with E-state index in [1.165, 1.54) is 6.42 Å². The highest BCUT2D eigenvalue weighted by Gasteiger charge is 2.34. The normalized spacial score (nSPS) is 22.3. The number of fused-ring (bicyclic) bond motifs is 1. The lowest BCUT2D eigenvalue weighted by molar-refractivity contribution is -0.133. The van der Waals surface area contributed by atoms with Crippen LogP contribution in [0.15, 0.2) is 0 Å². The minimum atomic E-state index is 0.0571. The van der Waals surface area contributed by atoms with Crippen LogP contribution in [0.25, 0.3) is 0 Å². The maximum absolute atomic E-state index is 12.9. The van der Waals surface area contributed by atoms with Crippen LogP contribution in [0.2, 0.25) is 0 Å². The second kappa shape index (κ2) is 9.63. The highest BCUT2D eigenvalue weighted by molar-refractivity contribution is 5.95. The van der Waals surface area contributed by atoms with Gasteiger partial charge in [-0.2, -0.15) is 0 Å². The number of carbonyl (C=O) groups is 2. The largest absolute Gasteiger partial charge is 0.342 e. The van der Waals surface area contributed by atoms with Crippen molar-refractivity contribution in [2.24, 2.45) is 5.92 Å². The highest BCUT2D eigenvalue weighted by Crippen LogP contribution is 2.34. The summed E-state index contributed by atoms with van der Waals surface area (Å²) in [5.74, 6) is 2.53. The van der Waals surface area contributed by atoms with Crippen LogP contribution in [0.4, 0.5) is 5.82 Å². The summed E-state index contributed by atoms with van der Waals surface area (Å²) in [5, 5.41) is 0. The fourth-order valence-corrected chi connectivity index (χ4v) is 5.09. The standard InChI is InChI=1S/C24H37N5O2/c1-17(2)11-15-29-21(30)10-9-19-18(3)25-23(26-24(19)29)20-8-7-14-28(20)16-22(31)27-12-5-4-6-13-27/h17,20H,4-16H2,1-3H3/t20-/m0/s1. The maximum atomic E-state index is 12.9. The molecule has 2 saturated heterocycles. The molecule has 0 saturated carbocycles. The van der Waals surface area contributed by atoms with Crippen molar-refractivity contribution in [1.29, 1.82) is 0 Å². The number of carbonyl (C=O) groups excluding carboxylic acids is 2. The molecular formula is C24H37N5O2. The molecule has 4 rings (SSSR count). The summed E-state index contributed by atoms with van der Waals surface area (Å²) in [6, 6.07) is 0.0571. The summed E-state index contributed by atoms with van der Waals surface area (Å²) in [6.45, 7) is 10.2. The topological polar surface area (TPSA) is 69.6 Å². The molecule has 31 heavy (non-hydrogen) atoms. The molecule has 170 valence electrons. The molecule has 0 N–H and O–H groups in total. The Morgan fingerprint density at radius 1 is 1.06 bits per heavy atom. The second-order valence-corrected chi connectivity index (χ2v) is 9.77. The summed E-state index contributed by atoms with van der Waals surface area (Å²) < 4.78 is 0. The van der Waals surface area contributed by atoms with Crippen LogP contribution in [0.3, 0.4) is 0 Å². The first-order chi connectivity index (χ1) is 14.9. The van der Waals surface area contributed by atoms with E-state index in [1.54, 1.807) is 0 Å². The van der Waals surface area contributed by atoms with Crippen molar-refractivity contribution < 1.29 is 9.59 Å². The smallest absolute Gasteiger partial charge is 0.236 e. The van der Waals surface area contributed by atoms with Crippen molar-refractivity contribution in [3.05, 3.63) is 17.1 Å². The zero-order valence-corrected chi connectivity index (χ0v) is 19.4. The fourth-order valence-electron chi connectivity index (χ4n) is 5.09. The number of amides is 2. The van der Waals surface area contributed by atoms with Gasteiger partial charge in [-0.3, -0.25) is 19.4 Å². The first-order valence-corrected chi connectivity index (χ1v) is 12.1. The van der Waals surface area contributed by atoms with Crippen LogP contribution < -0.4 is 4.90 Å². The van der Waals surface area contributed by atoms with Crippen molar-refractivity contribution in [2.75, 3.05) is 37.6 Å². The molecule has 0 bridgehead atoms. The molecule has 2 amide bonds. The third-order valence-electron chi connectivity index (χ3n) is 6.99. The number of hydrogen-bond donors (Lipinski definition) is 0. The Kier molecular flexibility index (Phi) is 6.89. The van der Waals surface area contributed by atoms with Crippen LogP contribution >= 0.6 is 0 Å². The van der Waals surface area contributed by atoms with E-state index in [4.69, 9.17) is 9.97 Å². The number of hydrogen-bond acceptors (Lipinski definition) is 5. The second-order valence-electron chi connectivity index (χ2n) is 9.77. The average Bonchev–Trinajstić information content (AvgIpc) is 3.21. The van der Waals surface area contributed by atoms with E-state index in [2.05, 4.69) is 18.7 Å². The SMILES string of the molecule is Cc1nc([C@@H]2CCCN2CC(=O)N2CCCCC2)nc2c1CCC(=O)N2CCC(C)C. The predicted molar refractivity (Wildman–Crippen MR) is 121 cm³/mol. The maximum Gasteiger partial charge on any atom is 0.236 e. The Balaban J connectivity index is 1.55. The van der Waals surface area contributed by atoms with Crippen molar-refractivity contribution >= 4 is 17.6 Å². The van der Waals surface area contributed by atoms with Crippen LogP contribution in [-0.4, -0.2) is 64.3 Å². The highest BCUT2D eigenvalue weighted by atomic mass is 16.2. The monoisotopic (exact) mass is 427 g/mol. The van der Waals surface area contributed by atoms with Gasteiger partial charge in [-0.15, -0.1) is 0 Å². The van der Waals surface area contributed by atoms with Gasteiger partial charge in [0.1, 0.15) is 11.6 Å². The predicted octanol–water partition coefficient (Wildman–Crippen LogP) is 3.26. The molecule has 3 aliphatic rings. The average molecular weight is 428 g/mol. The van der Waals surface area contributed by atoms with E-state index < -0.39 is 0 Å². The minimum Gasteiger partial charge on any atom is -0.342 e. The number of nitrogens with zero attached hydrogens (tertiary/aromatic N) is 5. The number of rotatable bonds is 6. The van der Waals surface area contributed by atoms with Crippen LogP contribution in [0.1, 0.15) is 81.9 Å². The molecule has 7 heteroatoms. The first kappa shape index (κ1) is 22.2. The number of piperidine rings is 1. The van der Waals surface area contributed by atoms with Crippen LogP contribution in [0.5, 0.6) is 0 Å². The van der Waals surface area contributed by atoms with Gasteiger partial charge in [-0.25, -0.2) is 9.97 Å². The van der Waals surface area contributed by atoms with E-state index in [-0.39, 0.29) is 17.9 Å². The molecule has 4 heterocycles. The van der Waals surface area contributed by atoms with Gasteiger partial charge in [0.05, 0.1) is 12.6 Å². The van der Waals surface area contributed by atoms with E-state index in [9.17, 15) is 9.59 Å². The van der Waals surface area contributed by atoms with Crippen LogP contribution in [0, 0.1) is 12.8 Å². The van der Waals surface area contributed by atoms with Crippen LogP contribution in [-0.2, 0) is 16.0 Å². The Morgan fingerprint density at radius 2 is 1.84 bits per heavy atom. The van der Waals surface area contributed by atoms with Crippen molar-refractivity contribution in [3.63, 3.8) is 0 Å². The van der Waals surface area contributed by atoms with Gasteiger partial charge in [-0.05, 0) is 64.3 Å². The molecule has 1 aromatic heterocycles. The summed E-state index contributed by atoms with van der Waals surface area (Å²) in [5.41, 5.74) is 2.09. The third-order valence-corrected chi connectivity index (χ3v) is 6.99. The zero-order valence-electron chi connectivity index (χ0n) is 19.4. The summed E-state index contributed by atoms with van der Waals surface area (Å²) in [4.78, 5) is 41.6. The molecule has 0 aromatic carbocycles. The molecule has 7 nitrogen and oxygen atoms in total. The van der Waals surface area contributed by atoms with E-state index in [0.29, 0.717) is 25.4 Å². The first-order valence-electron chi connectivity index (χ1n) is 12.1. The Morgan fingerprint density at radius 3 is 2.58 bits per heavy atom. The molecule has 2 fully saturated rings. The van der Waals surface area contributed by atoms with Gasteiger partial charge in [-0.1, -0.05) is 13.8 Å². The van der Waals surface area contributed by atoms with Crippen molar-refractivity contribution in [1.82, 2.24) is 19.8 Å². The molecule has 0 spiro atoms. The summed E-state index contributed by atoms with van der Waals surface area (Å²) >= 11 is 0. The van der Waals surface area contributed by atoms with Crippen molar-refractivity contribution in [2.45, 2.75) is 78.2 Å². The van der Waals surface area contributed by atoms with Gasteiger partial charge >= 0.3 is 0 Å². The molecule has 0 aliphatic carbocycles. The van der Waals surface area contributed by atoms with Gasteiger partial charge in [0, 0.05) is 37.3 Å². The lowest BCUT2D eigenvalue weighted by Gasteiger charge is -2.32. The molecule has 0 radical (unpaired) electrons. The lowest BCUT2D eigenvalue weighted by atomic mass is 10.0.